The highest BCUT2D eigenvalue weighted by atomic mass is 19.2. The fourth-order valence-corrected chi connectivity index (χ4v) is 8.58. The number of benzene rings is 3. The summed E-state index contributed by atoms with van der Waals surface area (Å²) in [5.74, 6) is -0.775. The van der Waals surface area contributed by atoms with Gasteiger partial charge in [-0.1, -0.05) is 125 Å². The van der Waals surface area contributed by atoms with E-state index >= 15 is 13.2 Å². The summed E-state index contributed by atoms with van der Waals surface area (Å²) in [6, 6.07) is 13.3. The smallest absolute Gasteiger partial charge is 0.166 e. The lowest BCUT2D eigenvalue weighted by Crippen LogP contribution is -2.25. The molecule has 0 spiro atoms. The maximum Gasteiger partial charge on any atom is 0.166 e. The molecular formula is C44H56F4. The van der Waals surface area contributed by atoms with Crippen LogP contribution in [0.5, 0.6) is 0 Å². The van der Waals surface area contributed by atoms with Gasteiger partial charge >= 0.3 is 0 Å². The molecule has 0 bridgehead atoms. The maximum absolute atomic E-state index is 15.6. The van der Waals surface area contributed by atoms with Crippen LogP contribution in [0.15, 0.2) is 60.7 Å². The molecule has 4 heteroatoms. The molecule has 0 amide bonds. The molecule has 2 aliphatic rings. The summed E-state index contributed by atoms with van der Waals surface area (Å²) in [5, 5.41) is 0. The Bertz CT molecular complexity index is 1460. The van der Waals surface area contributed by atoms with E-state index in [0.29, 0.717) is 28.7 Å². The van der Waals surface area contributed by atoms with Crippen molar-refractivity contribution in [3.05, 3.63) is 95.1 Å². The fourth-order valence-electron chi connectivity index (χ4n) is 8.58. The van der Waals surface area contributed by atoms with Gasteiger partial charge in [0.2, 0.25) is 0 Å². The van der Waals surface area contributed by atoms with Gasteiger partial charge in [-0.3, -0.25) is 0 Å². The van der Waals surface area contributed by atoms with Crippen LogP contribution in [0.3, 0.4) is 0 Å². The molecule has 0 aromatic heterocycles. The van der Waals surface area contributed by atoms with Crippen LogP contribution in [-0.2, 0) is 6.42 Å². The van der Waals surface area contributed by atoms with E-state index in [1.807, 2.05) is 19.1 Å². The minimum atomic E-state index is -0.876. The van der Waals surface area contributed by atoms with Gasteiger partial charge < -0.3 is 0 Å². The first kappa shape index (κ1) is 36.4. The molecule has 48 heavy (non-hydrogen) atoms. The molecular weight excluding hydrogens is 604 g/mol. The topological polar surface area (TPSA) is 0 Å². The molecule has 5 rings (SSSR count). The quantitative estimate of drug-likeness (QED) is 0.0864. The zero-order valence-electron chi connectivity index (χ0n) is 29.3. The van der Waals surface area contributed by atoms with Crippen molar-refractivity contribution < 1.29 is 17.6 Å². The van der Waals surface area contributed by atoms with Crippen LogP contribution < -0.4 is 0 Å². The van der Waals surface area contributed by atoms with Crippen LogP contribution in [0.2, 0.25) is 0 Å². The van der Waals surface area contributed by atoms with Crippen molar-refractivity contribution in [3.63, 3.8) is 0 Å². The van der Waals surface area contributed by atoms with E-state index in [0.717, 1.165) is 56.3 Å². The Hall–Kier alpha value is -2.88. The first-order chi connectivity index (χ1) is 23.4. The van der Waals surface area contributed by atoms with Crippen molar-refractivity contribution in [1.82, 2.24) is 0 Å². The number of hydrogen-bond donors (Lipinski definition) is 0. The number of rotatable bonds is 15. The van der Waals surface area contributed by atoms with E-state index < -0.39 is 23.3 Å². The summed E-state index contributed by atoms with van der Waals surface area (Å²) < 4.78 is 60.9. The second-order valence-corrected chi connectivity index (χ2v) is 14.7. The van der Waals surface area contributed by atoms with Crippen LogP contribution in [-0.4, -0.2) is 0 Å². The molecule has 0 N–H and O–H groups in total. The standard InChI is InChI=1S/C44H56F4/c1-3-5-7-9-10-11-13-31-15-17-32(18-16-31)33-19-21-34(22-20-33)39-29-30-40(44(48)43(39)47)36-25-23-35(24-26-36)38-28-27-37(41(45)42(38)46)14-12-8-6-4-2/h4,6,23-34H,3,5,7-22H2,1-2H3. The summed E-state index contributed by atoms with van der Waals surface area (Å²) in [5.41, 5.74) is 2.23. The van der Waals surface area contributed by atoms with Crippen LogP contribution in [0.25, 0.3) is 22.3 Å². The third kappa shape index (κ3) is 9.21. The van der Waals surface area contributed by atoms with E-state index in [4.69, 9.17) is 0 Å². The van der Waals surface area contributed by atoms with E-state index in [9.17, 15) is 4.39 Å². The van der Waals surface area contributed by atoms with Crippen molar-refractivity contribution in [2.45, 2.75) is 135 Å². The maximum atomic E-state index is 15.6. The summed E-state index contributed by atoms with van der Waals surface area (Å²) in [6.07, 6.45) is 25.1. The lowest BCUT2D eigenvalue weighted by Gasteiger charge is -2.38. The van der Waals surface area contributed by atoms with Crippen LogP contribution in [0, 0.1) is 41.0 Å². The predicted octanol–water partition coefficient (Wildman–Crippen LogP) is 14.3. The highest BCUT2D eigenvalue weighted by molar-refractivity contribution is 5.71. The van der Waals surface area contributed by atoms with Crippen LogP contribution >= 0.6 is 0 Å². The van der Waals surface area contributed by atoms with Gasteiger partial charge in [-0.15, -0.1) is 0 Å². The first-order valence-corrected chi connectivity index (χ1v) is 19.1. The number of unbranched alkanes of at least 4 members (excludes halogenated alkanes) is 6. The van der Waals surface area contributed by atoms with Gasteiger partial charge in [0.05, 0.1) is 0 Å². The molecule has 3 aromatic rings. The van der Waals surface area contributed by atoms with Crippen molar-refractivity contribution in [1.29, 1.82) is 0 Å². The van der Waals surface area contributed by atoms with Gasteiger partial charge in [-0.25, -0.2) is 17.6 Å². The molecule has 0 aliphatic heterocycles. The molecule has 2 saturated carbocycles. The minimum absolute atomic E-state index is 0.0557. The Kier molecular flexibility index (Phi) is 13.8. The Labute approximate surface area is 287 Å². The molecule has 2 fully saturated rings. The summed E-state index contributed by atoms with van der Waals surface area (Å²) in [7, 11) is 0. The molecule has 0 atom stereocenters. The molecule has 0 radical (unpaired) electrons. The summed E-state index contributed by atoms with van der Waals surface area (Å²) >= 11 is 0. The second-order valence-electron chi connectivity index (χ2n) is 14.7. The van der Waals surface area contributed by atoms with E-state index in [-0.39, 0.29) is 17.0 Å². The largest absolute Gasteiger partial charge is 0.203 e. The molecule has 0 unspecified atom stereocenters. The zero-order valence-corrected chi connectivity index (χ0v) is 29.3. The summed E-state index contributed by atoms with van der Waals surface area (Å²) in [6.45, 7) is 4.21. The molecule has 0 heterocycles. The van der Waals surface area contributed by atoms with Gasteiger partial charge in [0.15, 0.2) is 23.3 Å². The zero-order chi connectivity index (χ0) is 33.9. The van der Waals surface area contributed by atoms with E-state index in [1.54, 1.807) is 48.5 Å². The van der Waals surface area contributed by atoms with Crippen LogP contribution in [0.1, 0.15) is 140 Å². The number of halogens is 4. The molecule has 260 valence electrons. The van der Waals surface area contributed by atoms with Gasteiger partial charge in [-0.2, -0.15) is 0 Å². The Morgan fingerprint density at radius 3 is 1.77 bits per heavy atom. The lowest BCUT2D eigenvalue weighted by molar-refractivity contribution is 0.155. The average Bonchev–Trinajstić information content (AvgIpc) is 3.12. The lowest BCUT2D eigenvalue weighted by atomic mass is 9.68. The molecule has 0 saturated heterocycles. The van der Waals surface area contributed by atoms with E-state index in [1.165, 1.54) is 70.6 Å². The highest BCUT2D eigenvalue weighted by Crippen LogP contribution is 2.45. The van der Waals surface area contributed by atoms with E-state index in [2.05, 4.69) is 6.92 Å². The van der Waals surface area contributed by atoms with Gasteiger partial charge in [-0.05, 0) is 111 Å². The molecule has 3 aromatic carbocycles. The first-order valence-electron chi connectivity index (χ1n) is 19.1. The summed E-state index contributed by atoms with van der Waals surface area (Å²) in [4.78, 5) is 0. The Morgan fingerprint density at radius 2 is 1.15 bits per heavy atom. The van der Waals surface area contributed by atoms with Crippen molar-refractivity contribution >= 4 is 0 Å². The Morgan fingerprint density at radius 1 is 0.583 bits per heavy atom. The minimum Gasteiger partial charge on any atom is -0.203 e. The Balaban J connectivity index is 1.14. The number of allylic oxidation sites excluding steroid dienone is 2. The monoisotopic (exact) mass is 660 g/mol. The van der Waals surface area contributed by atoms with Crippen molar-refractivity contribution in [2.75, 3.05) is 0 Å². The normalized spacial score (nSPS) is 21.6. The highest BCUT2D eigenvalue weighted by Gasteiger charge is 2.32. The molecule has 0 nitrogen and oxygen atoms in total. The number of hydrogen-bond acceptors (Lipinski definition) is 0. The predicted molar refractivity (Wildman–Crippen MR) is 193 cm³/mol. The van der Waals surface area contributed by atoms with Crippen molar-refractivity contribution in [2.24, 2.45) is 17.8 Å². The third-order valence-electron chi connectivity index (χ3n) is 11.6. The fraction of sp³-hybridized carbons (Fsp3) is 0.545. The van der Waals surface area contributed by atoms with Crippen molar-refractivity contribution in [3.8, 4) is 22.3 Å². The third-order valence-corrected chi connectivity index (χ3v) is 11.6. The second kappa shape index (κ2) is 18.2. The SMILES string of the molecule is CC=CCCCc1ccc(-c2ccc(-c3ccc(C4CCC(C5CCC(CCCCCCCC)CC5)CC4)c(F)c3F)cc2)c(F)c1F. The van der Waals surface area contributed by atoms with Gasteiger partial charge in [0.1, 0.15) is 0 Å². The molecule has 2 aliphatic carbocycles. The van der Waals surface area contributed by atoms with Gasteiger partial charge in [0.25, 0.3) is 0 Å². The average molecular weight is 661 g/mol. The van der Waals surface area contributed by atoms with Crippen LogP contribution in [0.4, 0.5) is 17.6 Å². The van der Waals surface area contributed by atoms with Gasteiger partial charge in [0, 0.05) is 11.1 Å². The number of aryl methyl sites for hydroxylation is 1.